The van der Waals surface area contributed by atoms with Crippen molar-refractivity contribution in [1.29, 1.82) is 0 Å². The molecule has 27 heavy (non-hydrogen) atoms. The molecule has 2 aromatic rings. The molecule has 0 spiro atoms. The molecule has 1 amide bonds. The van der Waals surface area contributed by atoms with Gasteiger partial charge in [0.1, 0.15) is 0 Å². The zero-order valence-electron chi connectivity index (χ0n) is 15.1. The minimum absolute atomic E-state index is 0.0453. The molecule has 0 bridgehead atoms. The predicted molar refractivity (Wildman–Crippen MR) is 105 cm³/mol. The van der Waals surface area contributed by atoms with Crippen LogP contribution in [0.15, 0.2) is 53.4 Å². The summed E-state index contributed by atoms with van der Waals surface area (Å²) in [6, 6.07) is 13.3. The van der Waals surface area contributed by atoms with Crippen LogP contribution in [0.5, 0.6) is 0 Å². The Labute approximate surface area is 164 Å². The molecule has 2 rings (SSSR count). The number of halogens is 1. The van der Waals surface area contributed by atoms with Gasteiger partial charge in [-0.1, -0.05) is 41.4 Å². The normalized spacial score (nSPS) is 11.6. The fourth-order valence-corrected chi connectivity index (χ4v) is 4.03. The fourth-order valence-electron chi connectivity index (χ4n) is 2.52. The number of nitrogens with one attached hydrogen (secondary N) is 1. The number of aliphatic hydroxyl groups excluding tert-OH is 1. The van der Waals surface area contributed by atoms with Crippen molar-refractivity contribution in [3.8, 4) is 0 Å². The van der Waals surface area contributed by atoms with Gasteiger partial charge >= 0.3 is 0 Å². The number of sulfonamides is 1. The fraction of sp³-hybridized carbons (Fsp3) is 0.316. The Kier molecular flexibility index (Phi) is 7.79. The van der Waals surface area contributed by atoms with E-state index >= 15 is 0 Å². The number of hydrogen-bond acceptors (Lipinski definition) is 4. The highest BCUT2D eigenvalue weighted by molar-refractivity contribution is 7.89. The average molecular weight is 411 g/mol. The third-order valence-corrected chi connectivity index (χ3v) is 5.93. The summed E-state index contributed by atoms with van der Waals surface area (Å²) in [7, 11) is -3.89. The Hall–Kier alpha value is -1.93. The van der Waals surface area contributed by atoms with Gasteiger partial charge in [-0.05, 0) is 43.2 Å². The minimum atomic E-state index is -3.89. The van der Waals surface area contributed by atoms with Crippen molar-refractivity contribution < 1.29 is 18.3 Å². The van der Waals surface area contributed by atoms with Crippen molar-refractivity contribution >= 4 is 27.5 Å². The predicted octanol–water partition coefficient (Wildman–Crippen LogP) is 2.34. The number of carbonyl (C=O) groups excluding carboxylic acids is 1. The summed E-state index contributed by atoms with van der Waals surface area (Å²) in [5.74, 6) is -0.423. The van der Waals surface area contributed by atoms with Crippen LogP contribution in [-0.2, 0) is 21.4 Å². The van der Waals surface area contributed by atoms with E-state index in [9.17, 15) is 13.2 Å². The Morgan fingerprint density at radius 3 is 2.52 bits per heavy atom. The quantitative estimate of drug-likeness (QED) is 0.621. The van der Waals surface area contributed by atoms with Gasteiger partial charge in [-0.2, -0.15) is 4.31 Å². The number of carbonyl (C=O) groups is 1. The molecular formula is C19H23ClN2O4S. The molecule has 0 aliphatic carbocycles. The Morgan fingerprint density at radius 1 is 1.19 bits per heavy atom. The van der Waals surface area contributed by atoms with E-state index in [2.05, 4.69) is 5.32 Å². The molecule has 8 heteroatoms. The van der Waals surface area contributed by atoms with Crippen molar-refractivity contribution in [2.24, 2.45) is 0 Å². The maximum absolute atomic E-state index is 13.1. The van der Waals surface area contributed by atoms with Gasteiger partial charge in [-0.15, -0.1) is 0 Å². The lowest BCUT2D eigenvalue weighted by Gasteiger charge is -2.22. The second-order valence-corrected chi connectivity index (χ2v) is 8.52. The molecular weight excluding hydrogens is 388 g/mol. The molecule has 0 aromatic heterocycles. The zero-order valence-corrected chi connectivity index (χ0v) is 16.6. The first-order valence-corrected chi connectivity index (χ1v) is 10.3. The van der Waals surface area contributed by atoms with E-state index < -0.39 is 15.9 Å². The number of nitrogens with zero attached hydrogens (tertiary/aromatic N) is 1. The van der Waals surface area contributed by atoms with Crippen LogP contribution < -0.4 is 5.32 Å². The molecule has 0 aliphatic heterocycles. The molecule has 0 heterocycles. The summed E-state index contributed by atoms with van der Waals surface area (Å²) in [5, 5.41) is 11.9. The first kappa shape index (κ1) is 21.4. The SMILES string of the molecule is Cc1cccc(CN(CC(=O)NCCCO)S(=O)(=O)c2ccc(Cl)cc2)c1. The molecule has 0 radical (unpaired) electrons. The van der Waals surface area contributed by atoms with E-state index in [0.29, 0.717) is 11.4 Å². The van der Waals surface area contributed by atoms with E-state index in [4.69, 9.17) is 16.7 Å². The van der Waals surface area contributed by atoms with E-state index in [0.717, 1.165) is 15.4 Å². The summed E-state index contributed by atoms with van der Waals surface area (Å²) in [6.07, 6.45) is 0.410. The summed E-state index contributed by atoms with van der Waals surface area (Å²) >= 11 is 5.85. The molecule has 6 nitrogen and oxygen atoms in total. The van der Waals surface area contributed by atoms with Gasteiger partial charge in [-0.3, -0.25) is 4.79 Å². The van der Waals surface area contributed by atoms with E-state index in [1.165, 1.54) is 24.3 Å². The number of aliphatic hydroxyl groups is 1. The van der Waals surface area contributed by atoms with Crippen LogP contribution in [0.4, 0.5) is 0 Å². The van der Waals surface area contributed by atoms with Crippen molar-refractivity contribution in [1.82, 2.24) is 9.62 Å². The van der Waals surface area contributed by atoms with Crippen molar-refractivity contribution in [3.63, 3.8) is 0 Å². The van der Waals surface area contributed by atoms with E-state index in [-0.39, 0.29) is 31.1 Å². The molecule has 2 aromatic carbocycles. The van der Waals surface area contributed by atoms with Crippen LogP contribution in [0.2, 0.25) is 5.02 Å². The summed E-state index contributed by atoms with van der Waals surface area (Å²) in [4.78, 5) is 12.3. The topological polar surface area (TPSA) is 86.7 Å². The Bertz CT molecular complexity index is 870. The van der Waals surface area contributed by atoms with E-state index in [1.54, 1.807) is 0 Å². The lowest BCUT2D eigenvalue weighted by Crippen LogP contribution is -2.40. The van der Waals surface area contributed by atoms with Gasteiger partial charge in [0.15, 0.2) is 0 Å². The standard InChI is InChI=1S/C19H23ClN2O4S/c1-15-4-2-5-16(12-15)13-22(14-19(24)21-10-3-11-23)27(25,26)18-8-6-17(20)7-9-18/h2,4-9,12,23H,3,10-11,13-14H2,1H3,(H,21,24). The first-order chi connectivity index (χ1) is 12.8. The minimum Gasteiger partial charge on any atom is -0.396 e. The molecule has 0 atom stereocenters. The number of rotatable bonds is 9. The van der Waals surface area contributed by atoms with Gasteiger partial charge in [-0.25, -0.2) is 8.42 Å². The highest BCUT2D eigenvalue weighted by Gasteiger charge is 2.26. The van der Waals surface area contributed by atoms with Crippen LogP contribution in [0.1, 0.15) is 17.5 Å². The van der Waals surface area contributed by atoms with Crippen molar-refractivity contribution in [3.05, 3.63) is 64.7 Å². The number of aryl methyl sites for hydroxylation is 1. The van der Waals surface area contributed by atoms with Crippen LogP contribution in [0.3, 0.4) is 0 Å². The highest BCUT2D eigenvalue weighted by atomic mass is 35.5. The summed E-state index contributed by atoms with van der Waals surface area (Å²) in [6.45, 7) is 1.92. The molecule has 0 saturated carbocycles. The van der Waals surface area contributed by atoms with Crippen molar-refractivity contribution in [2.45, 2.75) is 24.8 Å². The Morgan fingerprint density at radius 2 is 1.89 bits per heavy atom. The van der Waals surface area contributed by atoms with Crippen molar-refractivity contribution in [2.75, 3.05) is 19.7 Å². The lowest BCUT2D eigenvalue weighted by atomic mass is 10.1. The van der Waals surface area contributed by atoms with Gasteiger partial charge in [0.05, 0.1) is 11.4 Å². The van der Waals surface area contributed by atoms with Crippen LogP contribution in [0, 0.1) is 6.92 Å². The smallest absolute Gasteiger partial charge is 0.243 e. The maximum atomic E-state index is 13.1. The van der Waals surface area contributed by atoms with Gasteiger partial charge in [0.25, 0.3) is 0 Å². The van der Waals surface area contributed by atoms with Gasteiger partial charge in [0, 0.05) is 24.7 Å². The van der Waals surface area contributed by atoms with Gasteiger partial charge < -0.3 is 10.4 Å². The van der Waals surface area contributed by atoms with Crippen LogP contribution >= 0.6 is 11.6 Å². The summed E-state index contributed by atoms with van der Waals surface area (Å²) < 4.78 is 27.3. The second kappa shape index (κ2) is 9.85. The number of benzene rings is 2. The first-order valence-electron chi connectivity index (χ1n) is 8.52. The Balaban J connectivity index is 2.27. The number of amides is 1. The molecule has 0 aliphatic rings. The molecule has 0 unspecified atom stereocenters. The van der Waals surface area contributed by atoms with E-state index in [1.807, 2.05) is 31.2 Å². The third kappa shape index (κ3) is 6.32. The zero-order chi connectivity index (χ0) is 19.9. The largest absolute Gasteiger partial charge is 0.396 e. The third-order valence-electron chi connectivity index (χ3n) is 3.87. The molecule has 2 N–H and O–H groups in total. The average Bonchev–Trinajstić information content (AvgIpc) is 2.62. The summed E-state index contributed by atoms with van der Waals surface area (Å²) in [5.41, 5.74) is 1.79. The molecule has 146 valence electrons. The molecule has 0 fully saturated rings. The van der Waals surface area contributed by atoms with Crippen LogP contribution in [-0.4, -0.2) is 43.4 Å². The molecule has 0 saturated heterocycles. The van der Waals surface area contributed by atoms with Gasteiger partial charge in [0.2, 0.25) is 15.9 Å². The number of hydrogen-bond donors (Lipinski definition) is 2. The monoisotopic (exact) mass is 410 g/mol. The maximum Gasteiger partial charge on any atom is 0.243 e. The van der Waals surface area contributed by atoms with Crippen LogP contribution in [0.25, 0.3) is 0 Å². The highest BCUT2D eigenvalue weighted by Crippen LogP contribution is 2.20. The lowest BCUT2D eigenvalue weighted by molar-refractivity contribution is -0.121. The second-order valence-electron chi connectivity index (χ2n) is 6.14.